The maximum absolute atomic E-state index is 14.6. The molecule has 1 saturated carbocycles. The predicted molar refractivity (Wildman–Crippen MR) is 156 cm³/mol. The zero-order valence-electron chi connectivity index (χ0n) is 22.2. The highest BCUT2D eigenvalue weighted by atomic mass is 35.5. The van der Waals surface area contributed by atoms with Gasteiger partial charge in [-0.05, 0) is 68.1 Å². The number of hydrogen-bond acceptors (Lipinski definition) is 5. The van der Waals surface area contributed by atoms with Crippen LogP contribution in [0.5, 0.6) is 5.75 Å². The Morgan fingerprint density at radius 2 is 1.73 bits per heavy atom. The number of ether oxygens (including phenoxy) is 1. The lowest BCUT2D eigenvalue weighted by Crippen LogP contribution is -2.44. The molecule has 0 atom stereocenters. The molecular weight excluding hydrogens is 554 g/mol. The largest absolute Gasteiger partial charge is 0.496 e. The molecule has 3 aromatic carbocycles. The first kappa shape index (κ1) is 28.2. The van der Waals surface area contributed by atoms with Crippen LogP contribution >= 0.6 is 22.9 Å². The Hall–Kier alpha value is -3.33. The van der Waals surface area contributed by atoms with Gasteiger partial charge in [0.25, 0.3) is 5.91 Å². The minimum atomic E-state index is -0.659. The highest BCUT2D eigenvalue weighted by Gasteiger charge is 2.33. The fourth-order valence-electron chi connectivity index (χ4n) is 5.43. The first-order valence-corrected chi connectivity index (χ1v) is 14.3. The van der Waals surface area contributed by atoms with Crippen molar-refractivity contribution in [2.75, 3.05) is 14.2 Å². The summed E-state index contributed by atoms with van der Waals surface area (Å²) in [4.78, 5) is 27.1. The van der Waals surface area contributed by atoms with Gasteiger partial charge in [0.2, 0.25) is 0 Å². The van der Waals surface area contributed by atoms with Crippen LogP contribution in [0.25, 0.3) is 21.2 Å². The van der Waals surface area contributed by atoms with Crippen LogP contribution in [0.4, 0.5) is 8.78 Å². The van der Waals surface area contributed by atoms with Gasteiger partial charge in [-0.1, -0.05) is 41.9 Å². The SMILES string of the molecule is CN[C@H]1CC[C@H](N(Cc2cc(-c3ccc(C=O)cc3)ccc2OC)C(=O)c2sc3c(F)ccc(F)c3c2Cl)CC1. The Morgan fingerprint density at radius 1 is 1.05 bits per heavy atom. The molecule has 1 N–H and O–H groups in total. The smallest absolute Gasteiger partial charge is 0.266 e. The van der Waals surface area contributed by atoms with Crippen LogP contribution < -0.4 is 10.1 Å². The summed E-state index contributed by atoms with van der Waals surface area (Å²) >= 11 is 7.43. The van der Waals surface area contributed by atoms with E-state index in [-0.39, 0.29) is 38.5 Å². The normalized spacial score (nSPS) is 17.1. The summed E-state index contributed by atoms with van der Waals surface area (Å²) in [5.74, 6) is -1.01. The Bertz CT molecular complexity index is 1550. The summed E-state index contributed by atoms with van der Waals surface area (Å²) in [5.41, 5.74) is 3.20. The van der Waals surface area contributed by atoms with Crippen LogP contribution in [0.3, 0.4) is 0 Å². The van der Waals surface area contributed by atoms with Gasteiger partial charge in [0, 0.05) is 29.8 Å². The van der Waals surface area contributed by atoms with E-state index >= 15 is 0 Å². The minimum absolute atomic E-state index is 0.0329. The Labute approximate surface area is 240 Å². The number of aldehydes is 1. The topological polar surface area (TPSA) is 58.6 Å². The lowest BCUT2D eigenvalue weighted by atomic mass is 9.89. The number of nitrogens with one attached hydrogen (secondary N) is 1. The highest BCUT2D eigenvalue weighted by Crippen LogP contribution is 2.40. The summed E-state index contributed by atoms with van der Waals surface area (Å²) in [6.07, 6.45) is 4.14. The number of nitrogens with zero attached hydrogens (tertiary/aromatic N) is 1. The maximum atomic E-state index is 14.6. The third-order valence-corrected chi connectivity index (χ3v) is 9.36. The van der Waals surface area contributed by atoms with E-state index in [0.717, 1.165) is 72.1 Å². The van der Waals surface area contributed by atoms with Crippen molar-refractivity contribution in [3.05, 3.63) is 87.3 Å². The summed E-state index contributed by atoms with van der Waals surface area (Å²) in [6, 6.07) is 15.4. The first-order valence-electron chi connectivity index (χ1n) is 13.1. The number of thiophene rings is 1. The highest BCUT2D eigenvalue weighted by molar-refractivity contribution is 7.21. The second-order valence-corrected chi connectivity index (χ2v) is 11.4. The van der Waals surface area contributed by atoms with E-state index in [1.165, 1.54) is 0 Å². The molecule has 5 nitrogen and oxygen atoms in total. The van der Waals surface area contributed by atoms with Crippen molar-refractivity contribution >= 4 is 45.2 Å². The number of methoxy groups -OCH3 is 1. The predicted octanol–water partition coefficient (Wildman–Crippen LogP) is 7.49. The second-order valence-electron chi connectivity index (χ2n) is 9.97. The average Bonchev–Trinajstić information content (AvgIpc) is 3.35. The van der Waals surface area contributed by atoms with E-state index in [2.05, 4.69) is 5.32 Å². The van der Waals surface area contributed by atoms with Gasteiger partial charge in [-0.15, -0.1) is 11.3 Å². The molecule has 1 aliphatic carbocycles. The van der Waals surface area contributed by atoms with E-state index in [1.807, 2.05) is 37.4 Å². The molecule has 0 spiro atoms. The molecule has 0 radical (unpaired) electrons. The molecular formula is C31H29ClF2N2O3S. The van der Waals surface area contributed by atoms with Gasteiger partial charge < -0.3 is 15.0 Å². The van der Waals surface area contributed by atoms with Crippen LogP contribution in [0, 0.1) is 11.6 Å². The van der Waals surface area contributed by atoms with E-state index in [9.17, 15) is 18.4 Å². The fraction of sp³-hybridized carbons (Fsp3) is 0.290. The van der Waals surface area contributed by atoms with Gasteiger partial charge in [0.15, 0.2) is 0 Å². The van der Waals surface area contributed by atoms with Crippen molar-refractivity contribution in [1.82, 2.24) is 10.2 Å². The third kappa shape index (κ3) is 5.48. The summed E-state index contributed by atoms with van der Waals surface area (Å²) in [7, 11) is 3.52. The maximum Gasteiger partial charge on any atom is 0.266 e. The Kier molecular flexibility index (Phi) is 8.49. The van der Waals surface area contributed by atoms with Crippen molar-refractivity contribution in [2.45, 2.75) is 44.3 Å². The van der Waals surface area contributed by atoms with Crippen molar-refractivity contribution in [1.29, 1.82) is 0 Å². The third-order valence-electron chi connectivity index (χ3n) is 7.68. The second kappa shape index (κ2) is 12.0. The molecule has 1 heterocycles. The van der Waals surface area contributed by atoms with Gasteiger partial charge in [-0.3, -0.25) is 9.59 Å². The lowest BCUT2D eigenvalue weighted by molar-refractivity contribution is 0.0604. The molecule has 4 aromatic rings. The molecule has 208 valence electrons. The molecule has 0 aliphatic heterocycles. The number of fused-ring (bicyclic) bond motifs is 1. The summed E-state index contributed by atoms with van der Waals surface area (Å²) in [5, 5.41) is 3.19. The molecule has 5 rings (SSSR count). The van der Waals surface area contributed by atoms with Gasteiger partial charge in [-0.25, -0.2) is 8.78 Å². The molecule has 1 aromatic heterocycles. The zero-order valence-corrected chi connectivity index (χ0v) is 23.8. The lowest BCUT2D eigenvalue weighted by Gasteiger charge is -2.37. The van der Waals surface area contributed by atoms with Crippen LogP contribution in [-0.4, -0.2) is 43.3 Å². The average molecular weight is 583 g/mol. The quantitative estimate of drug-likeness (QED) is 0.219. The number of rotatable bonds is 8. The van der Waals surface area contributed by atoms with Crippen molar-refractivity contribution in [3.63, 3.8) is 0 Å². The van der Waals surface area contributed by atoms with E-state index in [1.54, 1.807) is 24.1 Å². The minimum Gasteiger partial charge on any atom is -0.496 e. The van der Waals surface area contributed by atoms with Crippen molar-refractivity contribution in [3.8, 4) is 16.9 Å². The number of hydrogen-bond donors (Lipinski definition) is 1. The van der Waals surface area contributed by atoms with Crippen molar-refractivity contribution in [2.24, 2.45) is 0 Å². The number of halogens is 3. The summed E-state index contributed by atoms with van der Waals surface area (Å²) in [6.45, 7) is 0.229. The molecule has 0 saturated heterocycles. The fourth-order valence-corrected chi connectivity index (χ4v) is 6.93. The zero-order chi connectivity index (χ0) is 28.4. The van der Waals surface area contributed by atoms with Crippen LogP contribution in [0.1, 0.15) is 51.3 Å². The van der Waals surface area contributed by atoms with Crippen molar-refractivity contribution < 1.29 is 23.1 Å². The summed E-state index contributed by atoms with van der Waals surface area (Å²) < 4.78 is 34.9. The van der Waals surface area contributed by atoms with E-state index < -0.39 is 11.6 Å². The van der Waals surface area contributed by atoms with Crippen LogP contribution in [0.15, 0.2) is 54.6 Å². The number of carbonyl (C=O) groups excluding carboxylic acids is 2. The molecule has 0 bridgehead atoms. The van der Waals surface area contributed by atoms with E-state index in [4.69, 9.17) is 16.3 Å². The van der Waals surface area contributed by atoms with Gasteiger partial charge in [0.1, 0.15) is 28.5 Å². The number of carbonyl (C=O) groups is 2. The molecule has 1 amide bonds. The van der Waals surface area contributed by atoms with Gasteiger partial charge in [0.05, 0.1) is 22.2 Å². The number of amides is 1. The Morgan fingerprint density at radius 3 is 2.35 bits per heavy atom. The van der Waals surface area contributed by atoms with Gasteiger partial charge >= 0.3 is 0 Å². The molecule has 40 heavy (non-hydrogen) atoms. The molecule has 1 aliphatic rings. The van der Waals surface area contributed by atoms with Crippen LogP contribution in [-0.2, 0) is 6.54 Å². The van der Waals surface area contributed by atoms with Gasteiger partial charge in [-0.2, -0.15) is 0 Å². The molecule has 1 fully saturated rings. The number of benzene rings is 3. The Balaban J connectivity index is 1.55. The monoisotopic (exact) mass is 582 g/mol. The first-order chi connectivity index (χ1) is 19.3. The standard InChI is InChI=1S/C31H29ClF2N2O3S/c1-35-22-8-10-23(11-9-22)36(31(38)30-28(32)27-24(33)12-13-25(34)29(27)40-30)16-21-15-20(7-14-26(21)39-2)19-5-3-18(17-37)4-6-19/h3-7,12-15,17,22-23,35H,8-11,16H2,1-2H3/t22-,23-. The van der Waals surface area contributed by atoms with Crippen LogP contribution in [0.2, 0.25) is 5.02 Å². The molecule has 9 heteroatoms. The van der Waals surface area contributed by atoms with E-state index in [0.29, 0.717) is 17.4 Å². The molecule has 0 unspecified atom stereocenters.